The summed E-state index contributed by atoms with van der Waals surface area (Å²) in [6.45, 7) is 6.72. The topological polar surface area (TPSA) is 60.7 Å². The van der Waals surface area contributed by atoms with Crippen LogP contribution in [-0.2, 0) is 0 Å². The standard InChI is InChI=1S/C21H34O3/c1-4-12-5-6-15-19-16(11-18(24)21(12,15)3)20(2)8-7-14(22)9-13(20)10-17(19)23/h4,13-19,22-24H,5-11H2,1-3H3/b12-4-/t13-,14+,15?,16?,17+,18-,19?,20-,21+/m0/s1. The van der Waals surface area contributed by atoms with Gasteiger partial charge in [0.2, 0.25) is 0 Å². The van der Waals surface area contributed by atoms with Crippen LogP contribution in [0.15, 0.2) is 11.6 Å². The van der Waals surface area contributed by atoms with E-state index in [1.165, 1.54) is 5.57 Å². The van der Waals surface area contributed by atoms with Crippen molar-refractivity contribution in [3.8, 4) is 0 Å². The molecule has 4 saturated carbocycles. The molecule has 0 amide bonds. The lowest BCUT2D eigenvalue weighted by molar-refractivity contribution is -0.191. The van der Waals surface area contributed by atoms with E-state index in [0.717, 1.165) is 44.9 Å². The summed E-state index contributed by atoms with van der Waals surface area (Å²) in [5.41, 5.74) is 1.43. The number of aliphatic hydroxyl groups excluding tert-OH is 3. The summed E-state index contributed by atoms with van der Waals surface area (Å²) < 4.78 is 0. The molecule has 0 aromatic heterocycles. The third kappa shape index (κ3) is 2.07. The Bertz CT molecular complexity index is 543. The lowest BCUT2D eigenvalue weighted by Gasteiger charge is -2.62. The molecule has 0 spiro atoms. The fourth-order valence-electron chi connectivity index (χ4n) is 7.49. The highest BCUT2D eigenvalue weighted by molar-refractivity contribution is 5.26. The highest BCUT2D eigenvalue weighted by atomic mass is 16.3. The molecule has 0 bridgehead atoms. The van der Waals surface area contributed by atoms with Crippen LogP contribution in [0.1, 0.15) is 65.7 Å². The maximum Gasteiger partial charge on any atom is 0.0636 e. The summed E-state index contributed by atoms with van der Waals surface area (Å²) in [6, 6.07) is 0. The molecular weight excluding hydrogens is 300 g/mol. The Morgan fingerprint density at radius 1 is 1.00 bits per heavy atom. The van der Waals surface area contributed by atoms with Gasteiger partial charge >= 0.3 is 0 Å². The second-order valence-electron chi connectivity index (χ2n) is 9.61. The minimum Gasteiger partial charge on any atom is -0.393 e. The monoisotopic (exact) mass is 334 g/mol. The van der Waals surface area contributed by atoms with Crippen LogP contribution >= 0.6 is 0 Å². The molecule has 4 rings (SSSR count). The van der Waals surface area contributed by atoms with Gasteiger partial charge < -0.3 is 15.3 Å². The fraction of sp³-hybridized carbons (Fsp3) is 0.905. The van der Waals surface area contributed by atoms with Crippen molar-refractivity contribution in [2.75, 3.05) is 0 Å². The zero-order valence-corrected chi connectivity index (χ0v) is 15.4. The van der Waals surface area contributed by atoms with Gasteiger partial charge in [0.15, 0.2) is 0 Å². The molecule has 0 aromatic carbocycles. The van der Waals surface area contributed by atoms with E-state index in [0.29, 0.717) is 23.7 Å². The average Bonchev–Trinajstić information content (AvgIpc) is 2.88. The predicted molar refractivity (Wildman–Crippen MR) is 94.3 cm³/mol. The van der Waals surface area contributed by atoms with E-state index in [4.69, 9.17) is 0 Å². The van der Waals surface area contributed by atoms with Gasteiger partial charge in [-0.25, -0.2) is 0 Å². The first kappa shape index (κ1) is 17.1. The number of aliphatic hydroxyl groups is 3. The molecule has 3 N–H and O–H groups in total. The van der Waals surface area contributed by atoms with Crippen LogP contribution in [0.5, 0.6) is 0 Å². The second-order valence-corrected chi connectivity index (χ2v) is 9.61. The van der Waals surface area contributed by atoms with Crippen molar-refractivity contribution in [3.05, 3.63) is 11.6 Å². The van der Waals surface area contributed by atoms with Gasteiger partial charge in [-0.2, -0.15) is 0 Å². The molecule has 0 aliphatic heterocycles. The van der Waals surface area contributed by atoms with E-state index in [-0.39, 0.29) is 29.1 Å². The van der Waals surface area contributed by atoms with E-state index in [9.17, 15) is 15.3 Å². The number of hydrogen-bond acceptors (Lipinski definition) is 3. The highest BCUT2D eigenvalue weighted by Crippen LogP contribution is 2.67. The smallest absolute Gasteiger partial charge is 0.0636 e. The molecule has 3 unspecified atom stereocenters. The van der Waals surface area contributed by atoms with E-state index < -0.39 is 0 Å². The van der Waals surface area contributed by atoms with E-state index in [2.05, 4.69) is 26.8 Å². The number of allylic oxidation sites excluding steroid dienone is 1. The third-order valence-corrected chi connectivity index (χ3v) is 8.96. The largest absolute Gasteiger partial charge is 0.393 e. The van der Waals surface area contributed by atoms with Gasteiger partial charge in [-0.1, -0.05) is 25.5 Å². The molecule has 0 heterocycles. The number of fused-ring (bicyclic) bond motifs is 5. The van der Waals surface area contributed by atoms with Gasteiger partial charge in [-0.3, -0.25) is 0 Å². The van der Waals surface area contributed by atoms with Crippen molar-refractivity contribution in [1.29, 1.82) is 0 Å². The van der Waals surface area contributed by atoms with Crippen LogP contribution in [0.2, 0.25) is 0 Å². The Morgan fingerprint density at radius 3 is 2.46 bits per heavy atom. The summed E-state index contributed by atoms with van der Waals surface area (Å²) in [7, 11) is 0. The molecular formula is C21H34O3. The highest BCUT2D eigenvalue weighted by Gasteiger charge is 2.64. The van der Waals surface area contributed by atoms with Crippen LogP contribution in [0.25, 0.3) is 0 Å². The normalized spacial score (nSPS) is 58.9. The summed E-state index contributed by atoms with van der Waals surface area (Å²) in [6.07, 6.45) is 8.01. The summed E-state index contributed by atoms with van der Waals surface area (Å²) in [4.78, 5) is 0. The van der Waals surface area contributed by atoms with Crippen LogP contribution in [-0.4, -0.2) is 33.6 Å². The third-order valence-electron chi connectivity index (χ3n) is 8.96. The van der Waals surface area contributed by atoms with Crippen molar-refractivity contribution < 1.29 is 15.3 Å². The maximum absolute atomic E-state index is 11.2. The molecule has 3 nitrogen and oxygen atoms in total. The van der Waals surface area contributed by atoms with E-state index in [1.54, 1.807) is 0 Å². The fourth-order valence-corrected chi connectivity index (χ4v) is 7.49. The summed E-state index contributed by atoms with van der Waals surface area (Å²) in [5, 5.41) is 32.3. The minimum atomic E-state index is -0.299. The first-order chi connectivity index (χ1) is 11.3. The molecule has 0 aromatic rings. The lowest BCUT2D eigenvalue weighted by Crippen LogP contribution is -2.61. The molecule has 24 heavy (non-hydrogen) atoms. The molecule has 136 valence electrons. The van der Waals surface area contributed by atoms with Crippen molar-refractivity contribution in [1.82, 2.24) is 0 Å². The van der Waals surface area contributed by atoms with Crippen molar-refractivity contribution in [3.63, 3.8) is 0 Å². The molecule has 0 saturated heterocycles. The van der Waals surface area contributed by atoms with E-state index in [1.807, 2.05) is 0 Å². The lowest BCUT2D eigenvalue weighted by atomic mass is 9.43. The van der Waals surface area contributed by atoms with Gasteiger partial charge in [0, 0.05) is 5.41 Å². The Hall–Kier alpha value is -0.380. The van der Waals surface area contributed by atoms with Crippen LogP contribution in [0, 0.1) is 34.5 Å². The Kier molecular flexibility index (Phi) is 3.95. The zero-order valence-electron chi connectivity index (χ0n) is 15.4. The first-order valence-electron chi connectivity index (χ1n) is 10.0. The van der Waals surface area contributed by atoms with Crippen LogP contribution in [0.4, 0.5) is 0 Å². The van der Waals surface area contributed by atoms with Gasteiger partial charge in [-0.05, 0) is 81.0 Å². The minimum absolute atomic E-state index is 0.145. The van der Waals surface area contributed by atoms with Gasteiger partial charge in [-0.15, -0.1) is 0 Å². The van der Waals surface area contributed by atoms with Gasteiger partial charge in [0.05, 0.1) is 18.3 Å². The second kappa shape index (κ2) is 5.56. The van der Waals surface area contributed by atoms with Crippen LogP contribution in [0.3, 0.4) is 0 Å². The quantitative estimate of drug-likeness (QED) is 0.596. The maximum atomic E-state index is 11.2. The van der Waals surface area contributed by atoms with Crippen LogP contribution < -0.4 is 0 Å². The Morgan fingerprint density at radius 2 is 1.75 bits per heavy atom. The summed E-state index contributed by atoms with van der Waals surface area (Å²) in [5.74, 6) is 1.50. The van der Waals surface area contributed by atoms with Crippen molar-refractivity contribution in [2.45, 2.75) is 84.0 Å². The molecule has 9 atom stereocenters. The molecule has 0 radical (unpaired) electrons. The molecule has 4 aliphatic rings. The Labute approximate surface area is 146 Å². The Balaban J connectivity index is 1.73. The van der Waals surface area contributed by atoms with Gasteiger partial charge in [0.1, 0.15) is 0 Å². The number of hydrogen-bond donors (Lipinski definition) is 3. The molecule has 3 heteroatoms. The zero-order chi connectivity index (χ0) is 17.3. The molecule has 4 aliphatic carbocycles. The SMILES string of the molecule is C/C=C1/CCC2C3C(C[C@H](O)[C@]12C)[C@@]1(C)CC[C@@H](O)C[C@H]1C[C@H]3O. The van der Waals surface area contributed by atoms with Crippen molar-refractivity contribution in [2.24, 2.45) is 34.5 Å². The number of rotatable bonds is 0. The molecule has 4 fully saturated rings. The average molecular weight is 335 g/mol. The van der Waals surface area contributed by atoms with E-state index >= 15 is 0 Å². The predicted octanol–water partition coefficient (Wildman–Crippen LogP) is 3.28. The summed E-state index contributed by atoms with van der Waals surface area (Å²) >= 11 is 0. The van der Waals surface area contributed by atoms with Gasteiger partial charge in [0.25, 0.3) is 0 Å². The van der Waals surface area contributed by atoms with Crippen molar-refractivity contribution >= 4 is 0 Å². The first-order valence-corrected chi connectivity index (χ1v) is 10.0.